The Balaban J connectivity index is 1.90. The predicted molar refractivity (Wildman–Crippen MR) is 95.9 cm³/mol. The Labute approximate surface area is 137 Å². The van der Waals surface area contributed by atoms with Crippen LogP contribution in [0.5, 0.6) is 0 Å². The Bertz CT molecular complexity index is 722. The van der Waals surface area contributed by atoms with Gasteiger partial charge in [0.2, 0.25) is 0 Å². The molecule has 2 N–H and O–H groups in total. The number of hydrogen-bond donors (Lipinski definition) is 2. The minimum atomic E-state index is -0.0359. The van der Waals surface area contributed by atoms with Crippen molar-refractivity contribution in [1.82, 2.24) is 5.32 Å². The lowest BCUT2D eigenvalue weighted by atomic mass is 9.98. The smallest absolute Gasteiger partial charge is 0.126 e. The van der Waals surface area contributed by atoms with Crippen LogP contribution in [-0.4, -0.2) is 5.84 Å². The second kappa shape index (κ2) is 6.93. The van der Waals surface area contributed by atoms with E-state index in [2.05, 4.69) is 36.5 Å². The summed E-state index contributed by atoms with van der Waals surface area (Å²) in [5.41, 5.74) is 4.39. The predicted octanol–water partition coefficient (Wildman–Crippen LogP) is 4.70. The summed E-state index contributed by atoms with van der Waals surface area (Å²) in [4.78, 5) is 0. The molecule has 2 nitrogen and oxygen atoms in total. The first-order chi connectivity index (χ1) is 11.2. The number of benzene rings is 3. The lowest BCUT2D eigenvalue weighted by Gasteiger charge is -2.21. The van der Waals surface area contributed by atoms with Gasteiger partial charge >= 0.3 is 0 Å². The molecule has 114 valence electrons. The lowest BCUT2D eigenvalue weighted by molar-refractivity contribution is 0.759. The fourth-order valence-corrected chi connectivity index (χ4v) is 2.60. The zero-order valence-electron chi connectivity index (χ0n) is 13.2. The van der Waals surface area contributed by atoms with Crippen LogP contribution in [-0.2, 0) is 0 Å². The molecule has 23 heavy (non-hydrogen) atoms. The molecular formula is C21H20N2. The molecule has 0 amide bonds. The maximum absolute atomic E-state index is 8.42. The second-order valence-corrected chi connectivity index (χ2v) is 5.64. The van der Waals surface area contributed by atoms with Crippen LogP contribution in [0.25, 0.3) is 0 Å². The Kier molecular flexibility index (Phi) is 4.53. The molecule has 0 heterocycles. The van der Waals surface area contributed by atoms with E-state index in [0.29, 0.717) is 5.84 Å². The van der Waals surface area contributed by atoms with Crippen molar-refractivity contribution >= 4 is 5.84 Å². The summed E-state index contributed by atoms with van der Waals surface area (Å²) in [5.74, 6) is 0.433. The van der Waals surface area contributed by atoms with Crippen molar-refractivity contribution in [3.8, 4) is 0 Å². The third-order valence-corrected chi connectivity index (χ3v) is 3.89. The van der Waals surface area contributed by atoms with E-state index in [9.17, 15) is 0 Å². The molecule has 0 unspecified atom stereocenters. The standard InChI is InChI=1S/C21H20N2/c1-16-12-14-19(15-13-16)21(22)23-20(17-8-4-2-5-9-17)18-10-6-3-7-11-18/h2-15,20H,1H3,(H2,22,23). The summed E-state index contributed by atoms with van der Waals surface area (Å²) in [6.45, 7) is 2.05. The van der Waals surface area contributed by atoms with Gasteiger partial charge in [-0.15, -0.1) is 0 Å². The van der Waals surface area contributed by atoms with Gasteiger partial charge in [-0.3, -0.25) is 5.41 Å². The molecule has 0 spiro atoms. The molecule has 0 bridgehead atoms. The van der Waals surface area contributed by atoms with Gasteiger partial charge in [-0.05, 0) is 18.1 Å². The van der Waals surface area contributed by atoms with Gasteiger partial charge in [0.15, 0.2) is 0 Å². The Morgan fingerprint density at radius 2 is 1.22 bits per heavy atom. The minimum absolute atomic E-state index is 0.0359. The summed E-state index contributed by atoms with van der Waals surface area (Å²) in [6, 6.07) is 28.5. The molecule has 3 rings (SSSR count). The number of hydrogen-bond acceptors (Lipinski definition) is 1. The average Bonchev–Trinajstić information content (AvgIpc) is 2.61. The van der Waals surface area contributed by atoms with Crippen LogP contribution in [0.3, 0.4) is 0 Å². The van der Waals surface area contributed by atoms with E-state index in [-0.39, 0.29) is 6.04 Å². The van der Waals surface area contributed by atoms with E-state index in [1.54, 1.807) is 0 Å². The Morgan fingerprint density at radius 3 is 1.70 bits per heavy atom. The largest absolute Gasteiger partial charge is 0.359 e. The number of nitrogens with one attached hydrogen (secondary N) is 2. The van der Waals surface area contributed by atoms with Crippen LogP contribution in [0.1, 0.15) is 28.3 Å². The van der Waals surface area contributed by atoms with Crippen molar-refractivity contribution in [3.63, 3.8) is 0 Å². The van der Waals surface area contributed by atoms with Gasteiger partial charge in [-0.2, -0.15) is 0 Å². The van der Waals surface area contributed by atoms with Crippen LogP contribution < -0.4 is 5.32 Å². The third-order valence-electron chi connectivity index (χ3n) is 3.89. The summed E-state index contributed by atoms with van der Waals surface area (Å²) in [6.07, 6.45) is 0. The van der Waals surface area contributed by atoms with Gasteiger partial charge in [-0.1, -0.05) is 90.5 Å². The first-order valence-corrected chi connectivity index (χ1v) is 7.76. The zero-order chi connectivity index (χ0) is 16.1. The highest BCUT2D eigenvalue weighted by Gasteiger charge is 2.15. The van der Waals surface area contributed by atoms with Gasteiger partial charge in [-0.25, -0.2) is 0 Å². The van der Waals surface area contributed by atoms with Crippen LogP contribution >= 0.6 is 0 Å². The highest BCUT2D eigenvalue weighted by atomic mass is 15.0. The van der Waals surface area contributed by atoms with E-state index in [0.717, 1.165) is 16.7 Å². The normalized spacial score (nSPS) is 10.5. The molecular weight excluding hydrogens is 280 g/mol. The first kappa shape index (κ1) is 15.0. The molecule has 0 saturated carbocycles. The van der Waals surface area contributed by atoms with Crippen LogP contribution in [0.2, 0.25) is 0 Å². The molecule has 0 saturated heterocycles. The van der Waals surface area contributed by atoms with Gasteiger partial charge in [0.1, 0.15) is 5.84 Å². The van der Waals surface area contributed by atoms with Gasteiger partial charge in [0.05, 0.1) is 6.04 Å². The van der Waals surface area contributed by atoms with Crippen molar-refractivity contribution in [2.75, 3.05) is 0 Å². The van der Waals surface area contributed by atoms with E-state index in [4.69, 9.17) is 5.41 Å². The Morgan fingerprint density at radius 1 is 0.739 bits per heavy atom. The van der Waals surface area contributed by atoms with Crippen LogP contribution in [0.15, 0.2) is 84.9 Å². The maximum Gasteiger partial charge on any atom is 0.126 e. The van der Waals surface area contributed by atoms with E-state index in [1.165, 1.54) is 5.56 Å². The summed E-state index contributed by atoms with van der Waals surface area (Å²) in [7, 11) is 0. The molecule has 0 aliphatic rings. The number of aryl methyl sites for hydroxylation is 1. The van der Waals surface area contributed by atoms with Crippen molar-refractivity contribution in [1.29, 1.82) is 5.41 Å². The highest BCUT2D eigenvalue weighted by Crippen LogP contribution is 2.22. The number of rotatable bonds is 4. The van der Waals surface area contributed by atoms with Crippen LogP contribution in [0.4, 0.5) is 0 Å². The topological polar surface area (TPSA) is 35.9 Å². The van der Waals surface area contributed by atoms with Crippen molar-refractivity contribution < 1.29 is 0 Å². The first-order valence-electron chi connectivity index (χ1n) is 7.76. The van der Waals surface area contributed by atoms with Gasteiger partial charge in [0, 0.05) is 5.56 Å². The van der Waals surface area contributed by atoms with E-state index >= 15 is 0 Å². The maximum atomic E-state index is 8.42. The van der Waals surface area contributed by atoms with Gasteiger partial charge < -0.3 is 5.32 Å². The summed E-state index contributed by atoms with van der Waals surface area (Å²) < 4.78 is 0. The monoisotopic (exact) mass is 300 g/mol. The van der Waals surface area contributed by atoms with Gasteiger partial charge in [0.25, 0.3) is 0 Å². The lowest BCUT2D eigenvalue weighted by Crippen LogP contribution is -2.29. The zero-order valence-corrected chi connectivity index (χ0v) is 13.2. The number of amidine groups is 1. The molecule has 0 fully saturated rings. The Hall–Kier alpha value is -2.87. The molecule has 0 aliphatic carbocycles. The quantitative estimate of drug-likeness (QED) is 0.532. The van der Waals surface area contributed by atoms with Crippen LogP contribution in [0, 0.1) is 12.3 Å². The molecule has 0 radical (unpaired) electrons. The van der Waals surface area contributed by atoms with Crippen molar-refractivity contribution in [2.45, 2.75) is 13.0 Å². The minimum Gasteiger partial charge on any atom is -0.359 e. The molecule has 0 aromatic heterocycles. The summed E-state index contributed by atoms with van der Waals surface area (Å²) in [5, 5.41) is 11.8. The van der Waals surface area contributed by atoms with E-state index in [1.807, 2.05) is 60.7 Å². The third kappa shape index (κ3) is 3.67. The highest BCUT2D eigenvalue weighted by molar-refractivity contribution is 5.96. The van der Waals surface area contributed by atoms with Crippen molar-refractivity contribution in [2.24, 2.45) is 0 Å². The molecule has 3 aromatic rings. The SMILES string of the molecule is Cc1ccc(C(=N)NC(c2ccccc2)c2ccccc2)cc1. The molecule has 0 atom stereocenters. The second-order valence-electron chi connectivity index (χ2n) is 5.64. The molecule has 0 aliphatic heterocycles. The van der Waals surface area contributed by atoms with Crippen molar-refractivity contribution in [3.05, 3.63) is 107 Å². The summed E-state index contributed by atoms with van der Waals surface area (Å²) >= 11 is 0. The molecule has 2 heteroatoms. The average molecular weight is 300 g/mol. The fraction of sp³-hybridized carbons (Fsp3) is 0.0952. The fourth-order valence-electron chi connectivity index (χ4n) is 2.60. The van der Waals surface area contributed by atoms with E-state index < -0.39 is 0 Å². The molecule has 3 aromatic carbocycles.